The average Bonchev–Trinajstić information content (AvgIpc) is 3.68. The number of nitrogens with zero attached hydrogens (tertiary/aromatic N) is 1. The molecule has 0 radical (unpaired) electrons. The van der Waals surface area contributed by atoms with Crippen molar-refractivity contribution in [2.75, 3.05) is 4.90 Å². The molecule has 0 aliphatic carbocycles. The number of benzene rings is 9. The number of para-hydroxylation sites is 2. The molecule has 0 fully saturated rings. The van der Waals surface area contributed by atoms with Crippen LogP contribution in [0.15, 0.2) is 229 Å². The molecule has 10 aromatic rings. The maximum atomic E-state index is 6.52. The van der Waals surface area contributed by atoms with Crippen LogP contribution in [0.2, 0.25) is 0 Å². The molecule has 0 aliphatic heterocycles. The Labute approximate surface area is 327 Å². The second kappa shape index (κ2) is 14.4. The van der Waals surface area contributed by atoms with Gasteiger partial charge in [0.2, 0.25) is 0 Å². The van der Waals surface area contributed by atoms with Gasteiger partial charge in [-0.15, -0.1) is 0 Å². The van der Waals surface area contributed by atoms with Crippen molar-refractivity contribution in [3.63, 3.8) is 0 Å². The van der Waals surface area contributed by atoms with Gasteiger partial charge < -0.3 is 9.32 Å². The molecule has 264 valence electrons. The Bertz CT molecular complexity index is 2930. The van der Waals surface area contributed by atoms with E-state index in [1.54, 1.807) is 0 Å². The van der Waals surface area contributed by atoms with Crippen LogP contribution >= 0.6 is 0 Å². The van der Waals surface area contributed by atoms with Gasteiger partial charge in [0, 0.05) is 33.6 Å². The second-order valence-corrected chi connectivity index (χ2v) is 14.2. The van der Waals surface area contributed by atoms with Crippen LogP contribution in [-0.4, -0.2) is 0 Å². The summed E-state index contributed by atoms with van der Waals surface area (Å²) < 4.78 is 6.52. The van der Waals surface area contributed by atoms with Crippen LogP contribution in [0.3, 0.4) is 0 Å². The zero-order valence-electron chi connectivity index (χ0n) is 30.7. The summed E-state index contributed by atoms with van der Waals surface area (Å²) in [5.74, 6) is 0.890. The molecular formula is C54H37NO. The van der Waals surface area contributed by atoms with Gasteiger partial charge in [0.1, 0.15) is 11.3 Å². The Kier molecular flexibility index (Phi) is 8.55. The van der Waals surface area contributed by atoms with Crippen LogP contribution in [0, 0.1) is 0 Å². The fourth-order valence-corrected chi connectivity index (χ4v) is 7.83. The van der Waals surface area contributed by atoms with E-state index in [9.17, 15) is 0 Å². The minimum Gasteiger partial charge on any atom is -0.455 e. The number of anilines is 3. The smallest absolute Gasteiger partial charge is 0.143 e. The minimum absolute atomic E-state index is 0.890. The Balaban J connectivity index is 0.925. The van der Waals surface area contributed by atoms with Gasteiger partial charge in [-0.25, -0.2) is 0 Å². The van der Waals surface area contributed by atoms with Crippen molar-refractivity contribution in [2.24, 2.45) is 0 Å². The number of fused-ring (bicyclic) bond motifs is 2. The zero-order chi connectivity index (χ0) is 37.3. The lowest BCUT2D eigenvalue weighted by Gasteiger charge is -2.26. The summed E-state index contributed by atoms with van der Waals surface area (Å²) in [6.45, 7) is 0. The highest BCUT2D eigenvalue weighted by Crippen LogP contribution is 2.42. The number of furan rings is 1. The van der Waals surface area contributed by atoms with E-state index in [4.69, 9.17) is 4.42 Å². The van der Waals surface area contributed by atoms with Gasteiger partial charge in [-0.3, -0.25) is 0 Å². The van der Waals surface area contributed by atoms with Crippen LogP contribution in [0.1, 0.15) is 0 Å². The molecule has 2 heteroatoms. The van der Waals surface area contributed by atoms with Crippen molar-refractivity contribution in [1.29, 1.82) is 0 Å². The fourth-order valence-electron chi connectivity index (χ4n) is 7.83. The molecule has 1 heterocycles. The van der Waals surface area contributed by atoms with E-state index in [2.05, 4.69) is 217 Å². The Hall–Kier alpha value is -7.42. The van der Waals surface area contributed by atoms with Crippen molar-refractivity contribution in [3.8, 4) is 55.8 Å². The molecule has 0 bridgehead atoms. The summed E-state index contributed by atoms with van der Waals surface area (Å²) in [5.41, 5.74) is 14.6. The summed E-state index contributed by atoms with van der Waals surface area (Å²) >= 11 is 0. The van der Waals surface area contributed by atoms with E-state index in [-0.39, 0.29) is 0 Å². The molecule has 0 atom stereocenters. The molecule has 0 N–H and O–H groups in total. The van der Waals surface area contributed by atoms with Crippen molar-refractivity contribution in [1.82, 2.24) is 0 Å². The minimum atomic E-state index is 0.890. The van der Waals surface area contributed by atoms with E-state index in [0.717, 1.165) is 61.6 Å². The molecule has 0 saturated heterocycles. The fraction of sp³-hybridized carbons (Fsp3) is 0. The third-order valence-corrected chi connectivity index (χ3v) is 10.7. The molecule has 1 aromatic heterocycles. The highest BCUT2D eigenvalue weighted by molar-refractivity contribution is 6.02. The van der Waals surface area contributed by atoms with E-state index >= 15 is 0 Å². The lowest BCUT2D eigenvalue weighted by molar-refractivity contribution is 0.632. The molecule has 0 spiro atoms. The first kappa shape index (κ1) is 33.2. The van der Waals surface area contributed by atoms with Gasteiger partial charge in [-0.05, 0) is 104 Å². The molecule has 2 nitrogen and oxygen atoms in total. The van der Waals surface area contributed by atoms with Crippen molar-refractivity contribution in [3.05, 3.63) is 224 Å². The van der Waals surface area contributed by atoms with E-state index in [0.29, 0.717) is 0 Å². The summed E-state index contributed by atoms with van der Waals surface area (Å²) in [6.07, 6.45) is 0. The Morgan fingerprint density at radius 2 is 0.750 bits per heavy atom. The van der Waals surface area contributed by atoms with Crippen molar-refractivity contribution >= 4 is 38.8 Å². The van der Waals surface area contributed by atoms with Crippen LogP contribution in [0.25, 0.3) is 77.6 Å². The normalized spacial score (nSPS) is 11.2. The summed E-state index contributed by atoms with van der Waals surface area (Å²) in [7, 11) is 0. The number of rotatable bonds is 8. The standard InChI is InChI=1S/C54H37NO/c1-3-13-43(14-4-1)53-51-20-9-10-21-52(51)56-54(53)47-17-11-16-45(37-47)41-24-22-39(23-25-41)40-28-32-49(33-29-40)55(48-18-5-2-6-19-48)50-34-30-42(31-35-50)46-27-26-38-12-7-8-15-44(38)36-46/h1-37H. The van der Waals surface area contributed by atoms with Gasteiger partial charge in [0.05, 0.1) is 0 Å². The maximum absolute atomic E-state index is 6.52. The molecular weight excluding hydrogens is 679 g/mol. The van der Waals surface area contributed by atoms with Gasteiger partial charge in [0.15, 0.2) is 0 Å². The predicted molar refractivity (Wildman–Crippen MR) is 236 cm³/mol. The van der Waals surface area contributed by atoms with Crippen LogP contribution in [-0.2, 0) is 0 Å². The molecule has 56 heavy (non-hydrogen) atoms. The molecule has 9 aromatic carbocycles. The average molecular weight is 716 g/mol. The number of hydrogen-bond donors (Lipinski definition) is 0. The van der Waals surface area contributed by atoms with E-state index < -0.39 is 0 Å². The van der Waals surface area contributed by atoms with Gasteiger partial charge in [0.25, 0.3) is 0 Å². The first-order valence-electron chi connectivity index (χ1n) is 19.1. The first-order chi connectivity index (χ1) is 27.7. The highest BCUT2D eigenvalue weighted by Gasteiger charge is 2.18. The second-order valence-electron chi connectivity index (χ2n) is 14.2. The van der Waals surface area contributed by atoms with E-state index in [1.165, 1.54) is 33.0 Å². The maximum Gasteiger partial charge on any atom is 0.143 e. The van der Waals surface area contributed by atoms with Gasteiger partial charge in [-0.2, -0.15) is 0 Å². The lowest BCUT2D eigenvalue weighted by atomic mass is 9.95. The molecule has 10 rings (SSSR count). The highest BCUT2D eigenvalue weighted by atomic mass is 16.3. The summed E-state index contributed by atoms with van der Waals surface area (Å²) in [6, 6.07) is 79.9. The monoisotopic (exact) mass is 715 g/mol. The van der Waals surface area contributed by atoms with Gasteiger partial charge in [-0.1, -0.05) is 170 Å². The number of hydrogen-bond acceptors (Lipinski definition) is 2. The van der Waals surface area contributed by atoms with Crippen LogP contribution < -0.4 is 4.90 Å². The molecule has 0 unspecified atom stereocenters. The van der Waals surface area contributed by atoms with Crippen molar-refractivity contribution < 1.29 is 4.42 Å². The van der Waals surface area contributed by atoms with Crippen LogP contribution in [0.4, 0.5) is 17.1 Å². The Morgan fingerprint density at radius 3 is 1.43 bits per heavy atom. The van der Waals surface area contributed by atoms with Crippen LogP contribution in [0.5, 0.6) is 0 Å². The quantitative estimate of drug-likeness (QED) is 0.156. The predicted octanol–water partition coefficient (Wildman–Crippen LogP) is 15.4. The third kappa shape index (κ3) is 6.34. The van der Waals surface area contributed by atoms with Gasteiger partial charge >= 0.3 is 0 Å². The Morgan fingerprint density at radius 1 is 0.286 bits per heavy atom. The zero-order valence-corrected chi connectivity index (χ0v) is 30.7. The van der Waals surface area contributed by atoms with E-state index in [1.807, 2.05) is 12.1 Å². The van der Waals surface area contributed by atoms with Crippen molar-refractivity contribution in [2.45, 2.75) is 0 Å². The SMILES string of the molecule is c1ccc(-c2c(-c3cccc(-c4ccc(-c5ccc(N(c6ccccc6)c6ccc(-c7ccc8ccccc8c7)cc6)cc5)cc4)c3)oc3ccccc23)cc1. The lowest BCUT2D eigenvalue weighted by Crippen LogP contribution is -2.09. The largest absolute Gasteiger partial charge is 0.455 e. The molecule has 0 aliphatic rings. The molecule has 0 saturated carbocycles. The third-order valence-electron chi connectivity index (χ3n) is 10.7. The topological polar surface area (TPSA) is 16.4 Å². The summed E-state index contributed by atoms with van der Waals surface area (Å²) in [4.78, 5) is 2.31. The summed E-state index contributed by atoms with van der Waals surface area (Å²) in [5, 5.41) is 3.63. The molecule has 0 amide bonds. The first-order valence-corrected chi connectivity index (χ1v) is 19.1.